The van der Waals surface area contributed by atoms with E-state index in [0.29, 0.717) is 6.54 Å². The molecule has 0 unspecified atom stereocenters. The second-order valence-electron chi connectivity index (χ2n) is 3.35. The number of rotatable bonds is 5. The van der Waals surface area contributed by atoms with Gasteiger partial charge in [0.25, 0.3) is 0 Å². The molecule has 0 aromatic rings. The molecule has 4 N–H and O–H groups in total. The third kappa shape index (κ3) is 4.47. The molecule has 0 atom stereocenters. The fraction of sp³-hybridized carbons (Fsp3) is 0.750. The monoisotopic (exact) mass is 187 g/mol. The lowest BCUT2D eigenvalue weighted by molar-refractivity contribution is -0.126. The Labute approximate surface area is 78.1 Å². The lowest BCUT2D eigenvalue weighted by Gasteiger charge is -2.22. The maximum absolute atomic E-state index is 11.4. The molecule has 0 rings (SSSR count). The molecule has 5 heteroatoms. The molecule has 0 heterocycles. The summed E-state index contributed by atoms with van der Waals surface area (Å²) in [6.07, 6.45) is 0.172. The molecule has 5 nitrogen and oxygen atoms in total. The predicted octanol–water partition coefficient (Wildman–Crippen LogP) is -1.02. The lowest BCUT2D eigenvalue weighted by Crippen LogP contribution is -2.51. The number of likely N-dealkylation sites (N-methyl/N-ethyl adjacent to an activating group) is 1. The average molecular weight is 187 g/mol. The zero-order valence-corrected chi connectivity index (χ0v) is 8.31. The van der Waals surface area contributed by atoms with E-state index in [1.807, 2.05) is 0 Å². The molecule has 0 aliphatic heterocycles. The highest BCUT2D eigenvalue weighted by atomic mass is 16.2. The van der Waals surface area contributed by atoms with Crippen molar-refractivity contribution in [1.29, 1.82) is 0 Å². The van der Waals surface area contributed by atoms with Crippen molar-refractivity contribution in [3.8, 4) is 0 Å². The largest absolute Gasteiger partial charge is 0.370 e. The maximum Gasteiger partial charge on any atom is 0.239 e. The quantitative estimate of drug-likeness (QED) is 0.515. The normalized spacial score (nSPS) is 11.0. The van der Waals surface area contributed by atoms with Crippen molar-refractivity contribution in [2.75, 3.05) is 13.6 Å². The number of carbonyl (C=O) groups excluding carboxylic acids is 2. The van der Waals surface area contributed by atoms with Crippen LogP contribution in [0, 0.1) is 0 Å². The van der Waals surface area contributed by atoms with Crippen LogP contribution in [0.5, 0.6) is 0 Å². The van der Waals surface area contributed by atoms with Gasteiger partial charge >= 0.3 is 0 Å². The summed E-state index contributed by atoms with van der Waals surface area (Å²) < 4.78 is 0. The van der Waals surface area contributed by atoms with Gasteiger partial charge in [-0.05, 0) is 20.9 Å². The molecule has 0 radical (unpaired) electrons. The van der Waals surface area contributed by atoms with E-state index >= 15 is 0 Å². The Morgan fingerprint density at radius 1 is 1.38 bits per heavy atom. The zero-order valence-electron chi connectivity index (χ0n) is 8.31. The number of nitrogens with one attached hydrogen (secondary N) is 2. The van der Waals surface area contributed by atoms with E-state index in [2.05, 4.69) is 10.6 Å². The predicted molar refractivity (Wildman–Crippen MR) is 50.0 cm³/mol. The second kappa shape index (κ2) is 4.81. The molecule has 0 aromatic heterocycles. The summed E-state index contributed by atoms with van der Waals surface area (Å²) in [5, 5.41) is 5.45. The van der Waals surface area contributed by atoms with E-state index < -0.39 is 11.4 Å². The van der Waals surface area contributed by atoms with Crippen LogP contribution in [0.25, 0.3) is 0 Å². The minimum Gasteiger partial charge on any atom is -0.370 e. The minimum absolute atomic E-state index is 0.142. The topological polar surface area (TPSA) is 84.2 Å². The summed E-state index contributed by atoms with van der Waals surface area (Å²) in [6, 6.07) is 0. The second-order valence-corrected chi connectivity index (χ2v) is 3.35. The third-order valence-electron chi connectivity index (χ3n) is 1.85. The van der Waals surface area contributed by atoms with Crippen LogP contribution in [-0.4, -0.2) is 30.9 Å². The highest BCUT2D eigenvalue weighted by Gasteiger charge is 2.24. The molecule has 0 aliphatic carbocycles. The van der Waals surface area contributed by atoms with Crippen molar-refractivity contribution >= 4 is 11.8 Å². The molecular formula is C8H17N3O2. The van der Waals surface area contributed by atoms with Gasteiger partial charge in [0, 0.05) is 13.0 Å². The Kier molecular flexibility index (Phi) is 4.40. The van der Waals surface area contributed by atoms with Crippen LogP contribution in [0.15, 0.2) is 0 Å². The fourth-order valence-corrected chi connectivity index (χ4v) is 0.634. The van der Waals surface area contributed by atoms with Crippen molar-refractivity contribution < 1.29 is 9.59 Å². The fourth-order valence-electron chi connectivity index (χ4n) is 0.634. The Balaban J connectivity index is 3.81. The summed E-state index contributed by atoms with van der Waals surface area (Å²) in [6.45, 7) is 3.80. The molecule has 0 spiro atoms. The molecule has 0 saturated carbocycles. The minimum atomic E-state index is -0.613. The molecule has 0 aliphatic rings. The highest BCUT2D eigenvalue weighted by Crippen LogP contribution is 1.99. The number of amides is 2. The standard InChI is InChI=1S/C8H17N3O2/c1-8(2,10-3)7(13)11-5-4-6(9)12/h10H,4-5H2,1-3H3,(H2,9,12)(H,11,13). The number of hydrogen-bond donors (Lipinski definition) is 3. The van der Waals surface area contributed by atoms with E-state index in [-0.39, 0.29) is 12.3 Å². The molecule has 0 fully saturated rings. The van der Waals surface area contributed by atoms with Gasteiger partial charge in [-0.3, -0.25) is 9.59 Å². The van der Waals surface area contributed by atoms with Crippen LogP contribution >= 0.6 is 0 Å². The van der Waals surface area contributed by atoms with Crippen LogP contribution in [0.2, 0.25) is 0 Å². The van der Waals surface area contributed by atoms with Gasteiger partial charge in [0.2, 0.25) is 11.8 Å². The van der Waals surface area contributed by atoms with Gasteiger partial charge in [-0.1, -0.05) is 0 Å². The highest BCUT2D eigenvalue weighted by molar-refractivity contribution is 5.85. The van der Waals surface area contributed by atoms with Gasteiger partial charge in [0.05, 0.1) is 5.54 Å². The summed E-state index contributed by atoms with van der Waals surface area (Å²) >= 11 is 0. The van der Waals surface area contributed by atoms with E-state index in [1.54, 1.807) is 20.9 Å². The molecule has 13 heavy (non-hydrogen) atoms. The Morgan fingerprint density at radius 2 is 1.92 bits per heavy atom. The van der Waals surface area contributed by atoms with Gasteiger partial charge in [-0.2, -0.15) is 0 Å². The Morgan fingerprint density at radius 3 is 2.31 bits per heavy atom. The molecule has 0 bridgehead atoms. The SMILES string of the molecule is CNC(C)(C)C(=O)NCCC(N)=O. The maximum atomic E-state index is 11.4. The van der Waals surface area contributed by atoms with Gasteiger partial charge in [-0.25, -0.2) is 0 Å². The lowest BCUT2D eigenvalue weighted by atomic mass is 10.1. The van der Waals surface area contributed by atoms with Crippen molar-refractivity contribution in [2.24, 2.45) is 5.73 Å². The van der Waals surface area contributed by atoms with Crippen molar-refractivity contribution in [3.05, 3.63) is 0 Å². The number of carbonyl (C=O) groups is 2. The number of hydrogen-bond acceptors (Lipinski definition) is 3. The first-order chi connectivity index (χ1) is 5.90. The first kappa shape index (κ1) is 11.9. The Bertz CT molecular complexity index is 202. The van der Waals surface area contributed by atoms with Crippen LogP contribution in [0.4, 0.5) is 0 Å². The van der Waals surface area contributed by atoms with Crippen LogP contribution < -0.4 is 16.4 Å². The molecule has 2 amide bonds. The molecule has 0 saturated heterocycles. The van der Waals surface area contributed by atoms with Gasteiger partial charge in [0.1, 0.15) is 0 Å². The van der Waals surface area contributed by atoms with E-state index in [9.17, 15) is 9.59 Å². The Hall–Kier alpha value is -1.10. The summed E-state index contributed by atoms with van der Waals surface area (Å²) in [5.74, 6) is -0.557. The van der Waals surface area contributed by atoms with Crippen LogP contribution in [0.1, 0.15) is 20.3 Å². The van der Waals surface area contributed by atoms with Gasteiger partial charge in [0.15, 0.2) is 0 Å². The smallest absolute Gasteiger partial charge is 0.239 e. The molecule has 76 valence electrons. The van der Waals surface area contributed by atoms with E-state index in [4.69, 9.17) is 5.73 Å². The van der Waals surface area contributed by atoms with Crippen molar-refractivity contribution in [3.63, 3.8) is 0 Å². The summed E-state index contributed by atoms with van der Waals surface area (Å²) in [7, 11) is 1.70. The molecule has 0 aromatic carbocycles. The van der Waals surface area contributed by atoms with E-state index in [1.165, 1.54) is 0 Å². The van der Waals surface area contributed by atoms with Gasteiger partial charge < -0.3 is 16.4 Å². The van der Waals surface area contributed by atoms with Crippen molar-refractivity contribution in [2.45, 2.75) is 25.8 Å². The number of primary amides is 1. The van der Waals surface area contributed by atoms with Crippen LogP contribution in [0.3, 0.4) is 0 Å². The van der Waals surface area contributed by atoms with E-state index in [0.717, 1.165) is 0 Å². The summed E-state index contributed by atoms with van der Waals surface area (Å²) in [5.41, 5.74) is 4.30. The first-order valence-corrected chi connectivity index (χ1v) is 4.15. The first-order valence-electron chi connectivity index (χ1n) is 4.15. The van der Waals surface area contributed by atoms with Crippen LogP contribution in [-0.2, 0) is 9.59 Å². The number of nitrogens with two attached hydrogens (primary N) is 1. The average Bonchev–Trinajstić information content (AvgIpc) is 2.03. The van der Waals surface area contributed by atoms with Crippen molar-refractivity contribution in [1.82, 2.24) is 10.6 Å². The molecular weight excluding hydrogens is 170 g/mol. The third-order valence-corrected chi connectivity index (χ3v) is 1.85. The zero-order chi connectivity index (χ0) is 10.5. The summed E-state index contributed by atoms with van der Waals surface area (Å²) in [4.78, 5) is 21.7. The van der Waals surface area contributed by atoms with Gasteiger partial charge in [-0.15, -0.1) is 0 Å².